The number of anilines is 1. The predicted molar refractivity (Wildman–Crippen MR) is 189 cm³/mol. The molecule has 4 nitrogen and oxygen atoms in total. The van der Waals surface area contributed by atoms with E-state index in [1.54, 1.807) is 0 Å². The summed E-state index contributed by atoms with van der Waals surface area (Å²) < 4.78 is 5.96. The van der Waals surface area contributed by atoms with Crippen molar-refractivity contribution < 1.29 is 9.84 Å². The second-order valence-corrected chi connectivity index (χ2v) is 11.9. The number of ether oxygens (including phenoxy) is 1. The van der Waals surface area contributed by atoms with Crippen LogP contribution in [0.25, 0.3) is 0 Å². The van der Waals surface area contributed by atoms with Crippen molar-refractivity contribution in [3.63, 3.8) is 0 Å². The summed E-state index contributed by atoms with van der Waals surface area (Å²) in [6.45, 7) is 9.45. The number of piperazine rings is 1. The lowest BCUT2D eigenvalue weighted by Crippen LogP contribution is -2.50. The van der Waals surface area contributed by atoms with Crippen LogP contribution in [0.5, 0.6) is 5.75 Å². The summed E-state index contributed by atoms with van der Waals surface area (Å²) in [7, 11) is 0. The summed E-state index contributed by atoms with van der Waals surface area (Å²) in [6.07, 6.45) is 2.64. The Bertz CT molecular complexity index is 1400. The standard InChI is InChI=1S/C37H43ClN2O2.2ClH/c1-3-4-25-42-34-19-16-32(17-20-34)37(41,27-30-11-7-5-8-12-30)35(31-13-9-6-10-14-31)28-39-21-23-40(24-22-39)36-26-33(38)18-15-29(36)2;;/h5-20,26,35,41H,3-4,21-25,27-28H2,1-2H3;2*1H. The van der Waals surface area contributed by atoms with E-state index in [4.69, 9.17) is 16.3 Å². The number of hydrogen-bond acceptors (Lipinski definition) is 4. The van der Waals surface area contributed by atoms with Gasteiger partial charge in [0.25, 0.3) is 0 Å². The number of benzene rings is 4. The van der Waals surface area contributed by atoms with E-state index in [9.17, 15) is 5.11 Å². The minimum Gasteiger partial charge on any atom is -0.494 e. The third-order valence-electron chi connectivity index (χ3n) is 8.54. The van der Waals surface area contributed by atoms with E-state index < -0.39 is 5.60 Å². The molecule has 1 N–H and O–H groups in total. The van der Waals surface area contributed by atoms with Crippen LogP contribution in [0.15, 0.2) is 103 Å². The maximum absolute atomic E-state index is 12.9. The van der Waals surface area contributed by atoms with Gasteiger partial charge in [-0.3, -0.25) is 4.90 Å². The number of nitrogens with zero attached hydrogens (tertiary/aromatic N) is 2. The zero-order chi connectivity index (χ0) is 29.4. The van der Waals surface area contributed by atoms with Crippen molar-refractivity contribution in [2.24, 2.45) is 0 Å². The Morgan fingerprint density at radius 3 is 2.11 bits per heavy atom. The van der Waals surface area contributed by atoms with Gasteiger partial charge in [-0.2, -0.15) is 0 Å². The lowest BCUT2D eigenvalue weighted by atomic mass is 9.73. The zero-order valence-electron chi connectivity index (χ0n) is 25.7. The third kappa shape index (κ3) is 8.93. The van der Waals surface area contributed by atoms with Gasteiger partial charge in [-0.05, 0) is 59.9 Å². The number of unbranched alkanes of at least 4 members (excludes halogenated alkanes) is 1. The van der Waals surface area contributed by atoms with Gasteiger partial charge in [-0.15, -0.1) is 24.8 Å². The van der Waals surface area contributed by atoms with Crippen LogP contribution in [0, 0.1) is 6.92 Å². The van der Waals surface area contributed by atoms with E-state index in [0.29, 0.717) is 13.0 Å². The molecule has 1 aliphatic heterocycles. The Hall–Kier alpha value is -2.73. The molecule has 7 heteroatoms. The van der Waals surface area contributed by atoms with Crippen LogP contribution in [-0.2, 0) is 12.0 Å². The molecular weight excluding hydrogens is 611 g/mol. The summed E-state index contributed by atoms with van der Waals surface area (Å²) in [5, 5.41) is 13.7. The summed E-state index contributed by atoms with van der Waals surface area (Å²) in [6, 6.07) is 35.1. The average molecular weight is 656 g/mol. The van der Waals surface area contributed by atoms with Crippen molar-refractivity contribution in [1.29, 1.82) is 0 Å². The first kappa shape index (κ1) is 35.7. The molecule has 4 aromatic carbocycles. The second-order valence-electron chi connectivity index (χ2n) is 11.5. The van der Waals surface area contributed by atoms with Crippen molar-refractivity contribution >= 4 is 42.1 Å². The highest BCUT2D eigenvalue weighted by atomic mass is 35.5. The minimum atomic E-state index is -1.12. The lowest BCUT2D eigenvalue weighted by Gasteiger charge is -2.43. The quantitative estimate of drug-likeness (QED) is 0.155. The molecule has 1 aliphatic rings. The normalized spacial score (nSPS) is 15.4. The van der Waals surface area contributed by atoms with E-state index in [0.717, 1.165) is 73.0 Å². The highest BCUT2D eigenvalue weighted by molar-refractivity contribution is 6.30. The van der Waals surface area contributed by atoms with Crippen molar-refractivity contribution in [3.8, 4) is 5.75 Å². The molecule has 0 aromatic heterocycles. The van der Waals surface area contributed by atoms with E-state index in [2.05, 4.69) is 96.4 Å². The summed E-state index contributed by atoms with van der Waals surface area (Å²) in [5.41, 5.74) is 4.51. The Morgan fingerprint density at radius 2 is 1.48 bits per heavy atom. The van der Waals surface area contributed by atoms with Crippen molar-refractivity contribution in [2.45, 2.75) is 44.6 Å². The highest BCUT2D eigenvalue weighted by Gasteiger charge is 2.41. The smallest absolute Gasteiger partial charge is 0.119 e. The third-order valence-corrected chi connectivity index (χ3v) is 8.78. The van der Waals surface area contributed by atoms with Gasteiger partial charge in [0, 0.05) is 55.8 Å². The van der Waals surface area contributed by atoms with Crippen molar-refractivity contribution in [1.82, 2.24) is 4.90 Å². The molecule has 0 saturated carbocycles. The molecule has 236 valence electrons. The molecule has 1 saturated heterocycles. The van der Waals surface area contributed by atoms with Crippen LogP contribution in [0.1, 0.15) is 47.9 Å². The van der Waals surface area contributed by atoms with E-state index >= 15 is 0 Å². The minimum absolute atomic E-state index is 0. The van der Waals surface area contributed by atoms with Crippen LogP contribution in [0.2, 0.25) is 5.02 Å². The molecule has 5 rings (SSSR count). The van der Waals surface area contributed by atoms with Crippen LogP contribution in [-0.4, -0.2) is 49.3 Å². The van der Waals surface area contributed by atoms with Gasteiger partial charge in [-0.1, -0.05) is 104 Å². The maximum Gasteiger partial charge on any atom is 0.119 e. The number of hydrogen-bond donors (Lipinski definition) is 1. The molecule has 2 unspecified atom stereocenters. The SMILES string of the molecule is CCCCOc1ccc(C(O)(Cc2ccccc2)C(CN2CCN(c3cc(Cl)ccc3C)CC2)c2ccccc2)cc1.Cl.Cl. The second kappa shape index (κ2) is 17.1. The number of rotatable bonds is 12. The molecule has 44 heavy (non-hydrogen) atoms. The summed E-state index contributed by atoms with van der Waals surface area (Å²) >= 11 is 6.34. The molecule has 1 heterocycles. The molecule has 0 radical (unpaired) electrons. The van der Waals surface area contributed by atoms with Gasteiger partial charge in [0.1, 0.15) is 11.4 Å². The summed E-state index contributed by atoms with van der Waals surface area (Å²) in [4.78, 5) is 4.94. The molecule has 4 aromatic rings. The number of halogens is 3. The lowest BCUT2D eigenvalue weighted by molar-refractivity contribution is -0.00554. The Morgan fingerprint density at radius 1 is 0.841 bits per heavy atom. The number of aliphatic hydroxyl groups is 1. The Balaban J connectivity index is 0.00000264. The van der Waals surface area contributed by atoms with Crippen molar-refractivity contribution in [2.75, 3.05) is 44.2 Å². The largest absolute Gasteiger partial charge is 0.494 e. The topological polar surface area (TPSA) is 35.9 Å². The monoisotopic (exact) mass is 654 g/mol. The van der Waals surface area contributed by atoms with Crippen LogP contribution < -0.4 is 9.64 Å². The predicted octanol–water partition coefficient (Wildman–Crippen LogP) is 8.71. The van der Waals surface area contributed by atoms with Gasteiger partial charge in [0.05, 0.1) is 6.61 Å². The van der Waals surface area contributed by atoms with E-state index in [1.165, 1.54) is 11.3 Å². The first-order chi connectivity index (χ1) is 20.5. The summed E-state index contributed by atoms with van der Waals surface area (Å²) in [5.74, 6) is 0.711. The highest BCUT2D eigenvalue weighted by Crippen LogP contribution is 2.41. The average Bonchev–Trinajstić information content (AvgIpc) is 3.02. The number of aryl methyl sites for hydroxylation is 1. The fraction of sp³-hybridized carbons (Fsp3) is 0.351. The maximum atomic E-state index is 12.9. The Labute approximate surface area is 280 Å². The fourth-order valence-corrected chi connectivity index (χ4v) is 6.24. The Kier molecular flexibility index (Phi) is 13.9. The van der Waals surface area contributed by atoms with Gasteiger partial charge in [0.15, 0.2) is 0 Å². The van der Waals surface area contributed by atoms with Crippen LogP contribution in [0.4, 0.5) is 5.69 Å². The van der Waals surface area contributed by atoms with Gasteiger partial charge < -0.3 is 14.7 Å². The zero-order valence-corrected chi connectivity index (χ0v) is 28.1. The molecule has 1 fully saturated rings. The molecule has 0 aliphatic carbocycles. The van der Waals surface area contributed by atoms with Gasteiger partial charge >= 0.3 is 0 Å². The van der Waals surface area contributed by atoms with E-state index in [-0.39, 0.29) is 30.7 Å². The molecule has 0 spiro atoms. The van der Waals surface area contributed by atoms with Gasteiger partial charge in [-0.25, -0.2) is 0 Å². The molecule has 2 atom stereocenters. The first-order valence-electron chi connectivity index (χ1n) is 15.2. The van der Waals surface area contributed by atoms with Crippen molar-refractivity contribution in [3.05, 3.63) is 130 Å². The van der Waals surface area contributed by atoms with E-state index in [1.807, 2.05) is 30.3 Å². The first-order valence-corrected chi connectivity index (χ1v) is 15.6. The van der Waals surface area contributed by atoms with Crippen LogP contribution >= 0.6 is 36.4 Å². The van der Waals surface area contributed by atoms with Crippen LogP contribution in [0.3, 0.4) is 0 Å². The molecular formula is C37H45Cl3N2O2. The van der Waals surface area contributed by atoms with Gasteiger partial charge in [0.2, 0.25) is 0 Å². The molecule has 0 amide bonds. The molecule has 0 bridgehead atoms. The fourth-order valence-electron chi connectivity index (χ4n) is 6.08.